The molecule has 1 rings (SSSR count). The Morgan fingerprint density at radius 3 is 2.55 bits per heavy atom. The van der Waals surface area contributed by atoms with Crippen LogP contribution in [0.2, 0.25) is 0 Å². The average molecular weight is 155 g/mol. The van der Waals surface area contributed by atoms with Gasteiger partial charge in [-0.2, -0.15) is 0 Å². The Morgan fingerprint density at radius 2 is 2.00 bits per heavy atom. The molecule has 1 saturated heterocycles. The third-order valence-electron chi connectivity index (χ3n) is 2.09. The Hall–Kier alpha value is -0.340. The van der Waals surface area contributed by atoms with Crippen LogP contribution in [0, 0.1) is 0 Å². The molecule has 0 aromatic carbocycles. The van der Waals surface area contributed by atoms with Gasteiger partial charge in [-0.1, -0.05) is 12.2 Å². The normalized spacial score (nSPS) is 24.2. The van der Waals surface area contributed by atoms with Crippen LogP contribution in [-0.2, 0) is 4.74 Å². The summed E-state index contributed by atoms with van der Waals surface area (Å²) < 4.78 is 5.26. The van der Waals surface area contributed by atoms with Crippen molar-refractivity contribution >= 4 is 0 Å². The topological polar surface area (TPSA) is 12.5 Å². The lowest BCUT2D eigenvalue weighted by molar-refractivity contribution is 0.0287. The number of allylic oxidation sites excluding steroid dienone is 1. The Balaban J connectivity index is 2.32. The number of morpholine rings is 1. The van der Waals surface area contributed by atoms with Crippen LogP contribution in [0.5, 0.6) is 0 Å². The smallest absolute Gasteiger partial charge is 0.0594 e. The first-order chi connectivity index (χ1) is 5.34. The highest BCUT2D eigenvalue weighted by molar-refractivity contribution is 4.90. The van der Waals surface area contributed by atoms with Gasteiger partial charge in [0.25, 0.3) is 0 Å². The Kier molecular flexibility index (Phi) is 3.60. The highest BCUT2D eigenvalue weighted by atomic mass is 16.5. The van der Waals surface area contributed by atoms with E-state index in [1.54, 1.807) is 0 Å². The van der Waals surface area contributed by atoms with Crippen molar-refractivity contribution in [3.05, 3.63) is 12.2 Å². The third kappa shape index (κ3) is 2.64. The standard InChI is InChI=1S/C9H17NO/c1-3-4-9(2)10-5-7-11-8-6-10/h3-4,9H,5-8H2,1-2H3/b4-3-. The van der Waals surface area contributed by atoms with Gasteiger partial charge in [0.2, 0.25) is 0 Å². The monoisotopic (exact) mass is 155 g/mol. The summed E-state index contributed by atoms with van der Waals surface area (Å²) >= 11 is 0. The van der Waals surface area contributed by atoms with Gasteiger partial charge in [0.1, 0.15) is 0 Å². The van der Waals surface area contributed by atoms with Gasteiger partial charge < -0.3 is 4.74 Å². The number of hydrogen-bond acceptors (Lipinski definition) is 2. The molecular weight excluding hydrogens is 138 g/mol. The number of hydrogen-bond donors (Lipinski definition) is 0. The molecular formula is C9H17NO. The summed E-state index contributed by atoms with van der Waals surface area (Å²) in [4.78, 5) is 2.43. The highest BCUT2D eigenvalue weighted by Crippen LogP contribution is 2.03. The molecule has 1 aliphatic heterocycles. The van der Waals surface area contributed by atoms with Gasteiger partial charge in [-0.3, -0.25) is 4.90 Å². The summed E-state index contributed by atoms with van der Waals surface area (Å²) in [5, 5.41) is 0. The maximum Gasteiger partial charge on any atom is 0.0594 e. The summed E-state index contributed by atoms with van der Waals surface area (Å²) in [6, 6.07) is 0.573. The van der Waals surface area contributed by atoms with E-state index in [2.05, 4.69) is 30.9 Å². The summed E-state index contributed by atoms with van der Waals surface area (Å²) in [5.74, 6) is 0. The molecule has 2 heteroatoms. The van der Waals surface area contributed by atoms with Crippen molar-refractivity contribution in [3.8, 4) is 0 Å². The van der Waals surface area contributed by atoms with E-state index in [0.717, 1.165) is 26.3 Å². The predicted molar refractivity (Wildman–Crippen MR) is 46.7 cm³/mol. The number of nitrogens with zero attached hydrogens (tertiary/aromatic N) is 1. The lowest BCUT2D eigenvalue weighted by Crippen LogP contribution is -2.41. The van der Waals surface area contributed by atoms with Gasteiger partial charge in [-0.15, -0.1) is 0 Å². The van der Waals surface area contributed by atoms with Crippen LogP contribution < -0.4 is 0 Å². The van der Waals surface area contributed by atoms with Crippen molar-refractivity contribution in [1.82, 2.24) is 4.90 Å². The quantitative estimate of drug-likeness (QED) is 0.557. The van der Waals surface area contributed by atoms with E-state index in [-0.39, 0.29) is 0 Å². The van der Waals surface area contributed by atoms with E-state index in [9.17, 15) is 0 Å². The Morgan fingerprint density at radius 1 is 1.36 bits per heavy atom. The maximum absolute atomic E-state index is 5.26. The predicted octanol–water partition coefficient (Wildman–Crippen LogP) is 1.28. The first-order valence-corrected chi connectivity index (χ1v) is 4.29. The summed E-state index contributed by atoms with van der Waals surface area (Å²) in [6.07, 6.45) is 4.34. The van der Waals surface area contributed by atoms with E-state index in [1.165, 1.54) is 0 Å². The van der Waals surface area contributed by atoms with Gasteiger partial charge in [0, 0.05) is 19.1 Å². The molecule has 1 fully saturated rings. The van der Waals surface area contributed by atoms with Gasteiger partial charge in [-0.05, 0) is 13.8 Å². The molecule has 1 unspecified atom stereocenters. The van der Waals surface area contributed by atoms with Crippen molar-refractivity contribution in [1.29, 1.82) is 0 Å². The molecule has 2 nitrogen and oxygen atoms in total. The van der Waals surface area contributed by atoms with Crippen molar-refractivity contribution in [2.24, 2.45) is 0 Å². The zero-order chi connectivity index (χ0) is 8.10. The van der Waals surface area contributed by atoms with Gasteiger partial charge in [0.15, 0.2) is 0 Å². The second-order valence-corrected chi connectivity index (χ2v) is 2.91. The van der Waals surface area contributed by atoms with Crippen molar-refractivity contribution in [2.45, 2.75) is 19.9 Å². The maximum atomic E-state index is 5.26. The fourth-order valence-corrected chi connectivity index (χ4v) is 1.38. The second-order valence-electron chi connectivity index (χ2n) is 2.91. The molecule has 1 aliphatic rings. The first kappa shape index (κ1) is 8.75. The van der Waals surface area contributed by atoms with Crippen LogP contribution in [0.4, 0.5) is 0 Å². The zero-order valence-electron chi connectivity index (χ0n) is 7.42. The second kappa shape index (κ2) is 4.52. The minimum Gasteiger partial charge on any atom is -0.379 e. The van der Waals surface area contributed by atoms with Crippen LogP contribution in [0.1, 0.15) is 13.8 Å². The zero-order valence-corrected chi connectivity index (χ0v) is 7.42. The molecule has 1 atom stereocenters. The van der Waals surface area contributed by atoms with Crippen LogP contribution in [-0.4, -0.2) is 37.2 Å². The number of rotatable bonds is 2. The van der Waals surface area contributed by atoms with Crippen LogP contribution in [0.15, 0.2) is 12.2 Å². The fourth-order valence-electron chi connectivity index (χ4n) is 1.38. The minimum atomic E-state index is 0.573. The van der Waals surface area contributed by atoms with E-state index in [1.807, 2.05) is 0 Å². The molecule has 0 radical (unpaired) electrons. The van der Waals surface area contributed by atoms with Crippen LogP contribution in [0.3, 0.4) is 0 Å². The van der Waals surface area contributed by atoms with Crippen molar-refractivity contribution in [2.75, 3.05) is 26.3 Å². The lowest BCUT2D eigenvalue weighted by Gasteiger charge is -2.30. The van der Waals surface area contributed by atoms with Crippen molar-refractivity contribution in [3.63, 3.8) is 0 Å². The average Bonchev–Trinajstić information content (AvgIpc) is 2.07. The van der Waals surface area contributed by atoms with Gasteiger partial charge in [-0.25, -0.2) is 0 Å². The molecule has 0 aromatic heterocycles. The summed E-state index contributed by atoms with van der Waals surface area (Å²) in [6.45, 7) is 8.23. The van der Waals surface area contributed by atoms with E-state index in [0.29, 0.717) is 6.04 Å². The molecule has 0 N–H and O–H groups in total. The van der Waals surface area contributed by atoms with Crippen LogP contribution >= 0.6 is 0 Å². The molecule has 0 aliphatic carbocycles. The van der Waals surface area contributed by atoms with E-state index in [4.69, 9.17) is 4.74 Å². The van der Waals surface area contributed by atoms with Gasteiger partial charge in [0.05, 0.1) is 13.2 Å². The summed E-state index contributed by atoms with van der Waals surface area (Å²) in [7, 11) is 0. The molecule has 0 bridgehead atoms. The molecule has 0 saturated carbocycles. The number of ether oxygens (including phenoxy) is 1. The van der Waals surface area contributed by atoms with E-state index >= 15 is 0 Å². The molecule has 0 spiro atoms. The van der Waals surface area contributed by atoms with E-state index < -0.39 is 0 Å². The Labute approximate surface area is 68.8 Å². The molecule has 0 amide bonds. The molecule has 11 heavy (non-hydrogen) atoms. The third-order valence-corrected chi connectivity index (χ3v) is 2.09. The molecule has 1 heterocycles. The molecule has 64 valence electrons. The Bertz CT molecular complexity index is 128. The lowest BCUT2D eigenvalue weighted by atomic mass is 10.2. The highest BCUT2D eigenvalue weighted by Gasteiger charge is 2.13. The summed E-state index contributed by atoms with van der Waals surface area (Å²) in [5.41, 5.74) is 0. The molecule has 0 aromatic rings. The van der Waals surface area contributed by atoms with Gasteiger partial charge >= 0.3 is 0 Å². The first-order valence-electron chi connectivity index (χ1n) is 4.29. The minimum absolute atomic E-state index is 0.573. The SMILES string of the molecule is C/C=C\C(C)N1CCOCC1. The fraction of sp³-hybridized carbons (Fsp3) is 0.778. The largest absolute Gasteiger partial charge is 0.379 e. The van der Waals surface area contributed by atoms with Crippen LogP contribution in [0.25, 0.3) is 0 Å². The van der Waals surface area contributed by atoms with Crippen molar-refractivity contribution < 1.29 is 4.74 Å².